The third-order valence-corrected chi connectivity index (χ3v) is 4.31. The van der Waals surface area contributed by atoms with Gasteiger partial charge in [-0.25, -0.2) is 8.60 Å². The average Bonchev–Trinajstić information content (AvgIpc) is 2.45. The van der Waals surface area contributed by atoms with Gasteiger partial charge in [0.05, 0.1) is 0 Å². The second-order valence-electron chi connectivity index (χ2n) is 4.29. The van der Waals surface area contributed by atoms with Crippen molar-refractivity contribution in [2.24, 2.45) is 0 Å². The van der Waals surface area contributed by atoms with Crippen LogP contribution in [-0.2, 0) is 11.1 Å². The highest BCUT2D eigenvalue weighted by Gasteiger charge is 2.21. The molecule has 0 aliphatic carbocycles. The standard InChI is InChI=1S/C15H12FIO3S/c16-13-9-11(17)8-12(15(13)18)14(21(19)20)7-6-10-4-2-1-3-5-10/h1-9,14,18H,(H,19,20). The van der Waals surface area contributed by atoms with E-state index in [1.165, 1.54) is 12.1 Å². The van der Waals surface area contributed by atoms with Crippen molar-refractivity contribution in [1.29, 1.82) is 0 Å². The van der Waals surface area contributed by atoms with Crippen LogP contribution < -0.4 is 0 Å². The first kappa shape index (κ1) is 16.1. The predicted molar refractivity (Wildman–Crippen MR) is 89.8 cm³/mol. The van der Waals surface area contributed by atoms with Gasteiger partial charge in [-0.15, -0.1) is 0 Å². The summed E-state index contributed by atoms with van der Waals surface area (Å²) >= 11 is -0.383. The molecule has 0 aliphatic heterocycles. The Morgan fingerprint density at radius 3 is 2.52 bits per heavy atom. The fourth-order valence-electron chi connectivity index (χ4n) is 1.84. The summed E-state index contributed by atoms with van der Waals surface area (Å²) in [6.45, 7) is 0. The van der Waals surface area contributed by atoms with Crippen molar-refractivity contribution >= 4 is 39.7 Å². The molecule has 2 aromatic carbocycles. The maximum absolute atomic E-state index is 13.6. The number of hydrogen-bond acceptors (Lipinski definition) is 2. The molecule has 2 atom stereocenters. The lowest BCUT2D eigenvalue weighted by molar-refractivity contribution is 0.425. The van der Waals surface area contributed by atoms with Gasteiger partial charge in [0.15, 0.2) is 22.6 Å². The summed E-state index contributed by atoms with van der Waals surface area (Å²) in [7, 11) is 0. The Hall–Kier alpha value is -1.25. The molecule has 0 fully saturated rings. The quantitative estimate of drug-likeness (QED) is 0.581. The molecule has 0 aromatic heterocycles. The van der Waals surface area contributed by atoms with E-state index in [2.05, 4.69) is 0 Å². The summed E-state index contributed by atoms with van der Waals surface area (Å²) in [5, 5.41) is 8.78. The lowest BCUT2D eigenvalue weighted by Gasteiger charge is -2.12. The lowest BCUT2D eigenvalue weighted by atomic mass is 10.1. The molecule has 0 bridgehead atoms. The number of aromatic hydroxyl groups is 1. The average molecular weight is 418 g/mol. The minimum atomic E-state index is -2.27. The highest BCUT2D eigenvalue weighted by atomic mass is 127. The van der Waals surface area contributed by atoms with Gasteiger partial charge in [0.25, 0.3) is 0 Å². The zero-order valence-corrected chi connectivity index (χ0v) is 13.7. The van der Waals surface area contributed by atoms with Crippen molar-refractivity contribution in [3.05, 3.63) is 69.1 Å². The van der Waals surface area contributed by atoms with Crippen LogP contribution in [0.25, 0.3) is 6.08 Å². The molecule has 0 heterocycles. The minimum absolute atomic E-state index is 0.0902. The minimum Gasteiger partial charge on any atom is -0.505 e. The van der Waals surface area contributed by atoms with Crippen molar-refractivity contribution in [2.75, 3.05) is 0 Å². The highest BCUT2D eigenvalue weighted by Crippen LogP contribution is 2.33. The second-order valence-corrected chi connectivity index (χ2v) is 6.60. The summed E-state index contributed by atoms with van der Waals surface area (Å²) in [6, 6.07) is 11.9. The molecular weight excluding hydrogens is 406 g/mol. The van der Waals surface area contributed by atoms with Gasteiger partial charge in [0.1, 0.15) is 5.25 Å². The molecule has 0 radical (unpaired) electrons. The number of hydrogen-bond donors (Lipinski definition) is 2. The largest absolute Gasteiger partial charge is 0.505 e. The summed E-state index contributed by atoms with van der Waals surface area (Å²) in [6.07, 6.45) is 3.14. The zero-order valence-electron chi connectivity index (χ0n) is 10.7. The summed E-state index contributed by atoms with van der Waals surface area (Å²) in [5.74, 6) is -1.40. The van der Waals surface area contributed by atoms with Crippen LogP contribution in [0.1, 0.15) is 16.4 Å². The normalized spacial score (nSPS) is 14.2. The fourth-order valence-corrected chi connectivity index (χ4v) is 3.06. The van der Waals surface area contributed by atoms with Crippen molar-refractivity contribution < 1.29 is 18.3 Å². The SMILES string of the molecule is O=S(O)C(C=Cc1ccccc1)c1cc(I)cc(F)c1O. The summed E-state index contributed by atoms with van der Waals surface area (Å²) < 4.78 is 35.1. The van der Waals surface area contributed by atoms with Crippen LogP contribution >= 0.6 is 22.6 Å². The van der Waals surface area contributed by atoms with Crippen LogP contribution in [0.2, 0.25) is 0 Å². The number of phenolic OH excluding ortho intramolecular Hbond substituents is 1. The fraction of sp³-hybridized carbons (Fsp3) is 0.0667. The van der Waals surface area contributed by atoms with Gasteiger partial charge in [0, 0.05) is 9.13 Å². The Bertz CT molecular complexity index is 689. The zero-order chi connectivity index (χ0) is 15.4. The Morgan fingerprint density at radius 1 is 1.24 bits per heavy atom. The van der Waals surface area contributed by atoms with Crippen LogP contribution in [0.4, 0.5) is 4.39 Å². The topological polar surface area (TPSA) is 57.5 Å². The van der Waals surface area contributed by atoms with Crippen molar-refractivity contribution in [2.45, 2.75) is 5.25 Å². The van der Waals surface area contributed by atoms with E-state index in [0.717, 1.165) is 11.6 Å². The van der Waals surface area contributed by atoms with Gasteiger partial charge < -0.3 is 9.66 Å². The maximum atomic E-state index is 13.6. The summed E-state index contributed by atoms with van der Waals surface area (Å²) in [5.41, 5.74) is 0.936. The Kier molecular flexibility index (Phi) is 5.49. The van der Waals surface area contributed by atoms with E-state index in [1.807, 2.05) is 52.9 Å². The Morgan fingerprint density at radius 2 is 1.90 bits per heavy atom. The van der Waals surface area contributed by atoms with Crippen LogP contribution in [0.15, 0.2) is 48.5 Å². The van der Waals surface area contributed by atoms with Gasteiger partial charge in [-0.1, -0.05) is 42.5 Å². The number of benzene rings is 2. The molecule has 0 saturated carbocycles. The first-order valence-electron chi connectivity index (χ1n) is 6.00. The van der Waals surface area contributed by atoms with Gasteiger partial charge in [-0.2, -0.15) is 0 Å². The molecule has 6 heteroatoms. The molecule has 0 spiro atoms. The molecule has 2 aromatic rings. The lowest BCUT2D eigenvalue weighted by Crippen LogP contribution is -2.04. The first-order chi connectivity index (χ1) is 9.99. The highest BCUT2D eigenvalue weighted by molar-refractivity contribution is 14.1. The molecule has 2 unspecified atom stereocenters. The molecule has 0 amide bonds. The maximum Gasteiger partial charge on any atom is 0.166 e. The smallest absolute Gasteiger partial charge is 0.166 e. The third-order valence-electron chi connectivity index (χ3n) is 2.84. The van der Waals surface area contributed by atoms with E-state index in [-0.39, 0.29) is 5.56 Å². The predicted octanol–water partition coefficient (Wildman–Crippen LogP) is 4.11. The molecule has 110 valence electrons. The third kappa shape index (κ3) is 4.12. The van der Waals surface area contributed by atoms with Gasteiger partial charge in [0.2, 0.25) is 0 Å². The molecule has 0 aliphatic rings. The number of halogens is 2. The first-order valence-corrected chi connectivity index (χ1v) is 8.24. The van der Waals surface area contributed by atoms with E-state index >= 15 is 0 Å². The van der Waals surface area contributed by atoms with Crippen LogP contribution in [0, 0.1) is 9.39 Å². The Labute approximate surface area is 137 Å². The molecule has 3 nitrogen and oxygen atoms in total. The molecular formula is C15H12FIO3S. The van der Waals surface area contributed by atoms with E-state index in [4.69, 9.17) is 0 Å². The van der Waals surface area contributed by atoms with Gasteiger partial charge >= 0.3 is 0 Å². The van der Waals surface area contributed by atoms with Crippen LogP contribution in [-0.4, -0.2) is 13.9 Å². The van der Waals surface area contributed by atoms with Crippen molar-refractivity contribution in [3.8, 4) is 5.75 Å². The van der Waals surface area contributed by atoms with E-state index in [9.17, 15) is 18.3 Å². The van der Waals surface area contributed by atoms with E-state index in [1.54, 1.807) is 6.08 Å². The molecule has 0 saturated heterocycles. The molecule has 2 N–H and O–H groups in total. The van der Waals surface area contributed by atoms with Gasteiger partial charge in [-0.05, 0) is 40.3 Å². The number of phenols is 1. The van der Waals surface area contributed by atoms with Gasteiger partial charge in [-0.3, -0.25) is 0 Å². The monoisotopic (exact) mass is 418 g/mol. The second kappa shape index (κ2) is 7.15. The van der Waals surface area contributed by atoms with Crippen LogP contribution in [0.5, 0.6) is 5.75 Å². The van der Waals surface area contributed by atoms with Crippen molar-refractivity contribution in [1.82, 2.24) is 0 Å². The van der Waals surface area contributed by atoms with Crippen molar-refractivity contribution in [3.63, 3.8) is 0 Å². The van der Waals surface area contributed by atoms with Crippen LogP contribution in [0.3, 0.4) is 0 Å². The molecule has 21 heavy (non-hydrogen) atoms. The van der Waals surface area contributed by atoms with E-state index in [0.29, 0.717) is 3.57 Å². The molecule has 2 rings (SSSR count). The Balaban J connectivity index is 2.41. The number of rotatable bonds is 4. The summed E-state index contributed by atoms with van der Waals surface area (Å²) in [4.78, 5) is 0. The van der Waals surface area contributed by atoms with E-state index < -0.39 is 27.9 Å².